The third-order valence-electron chi connectivity index (χ3n) is 3.13. The maximum Gasteiger partial charge on any atom is 0.258 e. The number of nitrogen functional groups attached to an aromatic ring is 1. The zero-order valence-electron chi connectivity index (χ0n) is 10.9. The summed E-state index contributed by atoms with van der Waals surface area (Å²) in [5.74, 6) is 2.89. The predicted octanol–water partition coefficient (Wildman–Crippen LogP) is 3.37. The van der Waals surface area contributed by atoms with Crippen molar-refractivity contribution in [3.63, 3.8) is 0 Å². The van der Waals surface area contributed by atoms with Crippen LogP contribution in [0.1, 0.15) is 18.0 Å². The lowest BCUT2D eigenvalue weighted by atomic mass is 10.2. The lowest BCUT2D eigenvalue weighted by Gasteiger charge is -2.24. The van der Waals surface area contributed by atoms with E-state index in [0.717, 1.165) is 11.5 Å². The van der Waals surface area contributed by atoms with Gasteiger partial charge < -0.3 is 10.3 Å². The zero-order chi connectivity index (χ0) is 14.1. The molecule has 20 heavy (non-hydrogen) atoms. The molecule has 0 saturated carbocycles. The molecule has 2 heterocycles. The summed E-state index contributed by atoms with van der Waals surface area (Å²) in [4.78, 5) is 4.44. The maximum absolute atomic E-state index is 13.2. The molecule has 2 atom stereocenters. The molecule has 0 aliphatic carbocycles. The van der Waals surface area contributed by atoms with Gasteiger partial charge in [-0.2, -0.15) is 16.7 Å². The second-order valence-corrected chi connectivity index (χ2v) is 7.30. The van der Waals surface area contributed by atoms with Gasteiger partial charge in [-0.05, 0) is 18.2 Å². The molecule has 0 spiro atoms. The molecular weight excluding hydrogens is 297 g/mol. The van der Waals surface area contributed by atoms with E-state index in [2.05, 4.69) is 17.1 Å². The first-order chi connectivity index (χ1) is 9.65. The van der Waals surface area contributed by atoms with Crippen LogP contribution in [0.5, 0.6) is 0 Å². The molecule has 4 nitrogen and oxygen atoms in total. The summed E-state index contributed by atoms with van der Waals surface area (Å²) in [5, 5.41) is 4.76. The Morgan fingerprint density at radius 2 is 2.15 bits per heavy atom. The van der Waals surface area contributed by atoms with Crippen LogP contribution in [0, 0.1) is 5.82 Å². The minimum atomic E-state index is -0.443. The van der Waals surface area contributed by atoms with Gasteiger partial charge in [0.1, 0.15) is 5.82 Å². The van der Waals surface area contributed by atoms with E-state index >= 15 is 0 Å². The number of hydrogen-bond donors (Lipinski definition) is 1. The van der Waals surface area contributed by atoms with E-state index in [4.69, 9.17) is 10.3 Å². The zero-order valence-corrected chi connectivity index (χ0v) is 12.5. The number of aromatic nitrogens is 2. The van der Waals surface area contributed by atoms with Gasteiger partial charge in [-0.25, -0.2) is 4.39 Å². The molecule has 2 aromatic rings. The maximum atomic E-state index is 13.2. The number of nitrogens with two attached hydrogens (primary N) is 1. The van der Waals surface area contributed by atoms with Gasteiger partial charge in [0.15, 0.2) is 5.82 Å². The van der Waals surface area contributed by atoms with Crippen molar-refractivity contribution < 1.29 is 8.91 Å². The van der Waals surface area contributed by atoms with Crippen molar-refractivity contribution >= 4 is 29.2 Å². The quantitative estimate of drug-likeness (QED) is 0.858. The van der Waals surface area contributed by atoms with Gasteiger partial charge in [0.2, 0.25) is 0 Å². The minimum Gasteiger partial charge on any atom is -0.396 e. The molecule has 3 rings (SSSR count). The Balaban J connectivity index is 1.87. The second kappa shape index (κ2) is 5.65. The molecule has 0 bridgehead atoms. The molecule has 1 aromatic carbocycles. The second-order valence-electron chi connectivity index (χ2n) is 4.56. The number of hydrogen-bond acceptors (Lipinski definition) is 6. The number of rotatable bonds is 2. The van der Waals surface area contributed by atoms with E-state index in [9.17, 15) is 4.39 Å². The summed E-state index contributed by atoms with van der Waals surface area (Å²) in [5.41, 5.74) is 6.28. The van der Waals surface area contributed by atoms with Gasteiger partial charge in [0.05, 0.1) is 10.9 Å². The number of halogens is 1. The van der Waals surface area contributed by atoms with Crippen LogP contribution in [0.3, 0.4) is 0 Å². The van der Waals surface area contributed by atoms with E-state index in [1.165, 1.54) is 12.1 Å². The lowest BCUT2D eigenvalue weighted by Crippen LogP contribution is -2.16. The first-order valence-electron chi connectivity index (χ1n) is 6.27. The van der Waals surface area contributed by atoms with Crippen LogP contribution in [0.25, 0.3) is 11.5 Å². The highest BCUT2D eigenvalue weighted by Gasteiger charge is 2.28. The van der Waals surface area contributed by atoms with Crippen molar-refractivity contribution in [3.05, 3.63) is 29.8 Å². The van der Waals surface area contributed by atoms with Gasteiger partial charge in [-0.1, -0.05) is 12.1 Å². The van der Waals surface area contributed by atoms with Crippen LogP contribution in [0.4, 0.5) is 10.1 Å². The number of nitrogens with zero attached hydrogens (tertiary/aromatic N) is 2. The molecule has 0 amide bonds. The number of anilines is 1. The van der Waals surface area contributed by atoms with E-state index in [0.29, 0.717) is 22.5 Å². The Kier molecular flexibility index (Phi) is 3.89. The Morgan fingerprint density at radius 1 is 1.35 bits per heavy atom. The van der Waals surface area contributed by atoms with Crippen molar-refractivity contribution in [2.45, 2.75) is 17.4 Å². The van der Waals surface area contributed by atoms with Crippen LogP contribution in [0.2, 0.25) is 0 Å². The molecule has 1 aliphatic heterocycles. The highest BCUT2D eigenvalue weighted by Crippen LogP contribution is 2.41. The molecule has 1 aromatic heterocycles. The molecule has 0 radical (unpaired) electrons. The van der Waals surface area contributed by atoms with Gasteiger partial charge in [0.25, 0.3) is 5.89 Å². The van der Waals surface area contributed by atoms with Gasteiger partial charge in [-0.3, -0.25) is 0 Å². The van der Waals surface area contributed by atoms with E-state index in [-0.39, 0.29) is 10.9 Å². The Morgan fingerprint density at radius 3 is 2.90 bits per heavy atom. The van der Waals surface area contributed by atoms with Crippen LogP contribution in [0.15, 0.2) is 22.7 Å². The molecule has 2 unspecified atom stereocenters. The molecule has 1 saturated heterocycles. The standard InChI is InChI=1S/C13H14FN3OS2/c1-7-11(20-5-4-19-7)12-16-13(18-17-12)8-2-3-9(14)10(15)6-8/h2-3,6-7,11H,4-5,15H2,1H3. The van der Waals surface area contributed by atoms with Gasteiger partial charge in [0, 0.05) is 22.3 Å². The largest absolute Gasteiger partial charge is 0.396 e. The van der Waals surface area contributed by atoms with Crippen LogP contribution < -0.4 is 5.73 Å². The fraction of sp³-hybridized carbons (Fsp3) is 0.385. The number of benzene rings is 1. The Hall–Kier alpha value is -1.21. The van der Waals surface area contributed by atoms with Crippen molar-refractivity contribution in [3.8, 4) is 11.5 Å². The predicted molar refractivity (Wildman–Crippen MR) is 81.2 cm³/mol. The monoisotopic (exact) mass is 311 g/mol. The van der Waals surface area contributed by atoms with Gasteiger partial charge in [-0.15, -0.1) is 11.8 Å². The van der Waals surface area contributed by atoms with Crippen LogP contribution >= 0.6 is 23.5 Å². The normalized spacial score (nSPS) is 22.9. The molecule has 1 fully saturated rings. The van der Waals surface area contributed by atoms with Crippen LogP contribution in [-0.2, 0) is 0 Å². The fourth-order valence-corrected chi connectivity index (χ4v) is 4.74. The summed E-state index contributed by atoms with van der Waals surface area (Å²) in [6.07, 6.45) is 0. The summed E-state index contributed by atoms with van der Waals surface area (Å²) in [6, 6.07) is 4.41. The molecule has 106 valence electrons. The highest BCUT2D eigenvalue weighted by atomic mass is 32.2. The summed E-state index contributed by atoms with van der Waals surface area (Å²) < 4.78 is 18.4. The van der Waals surface area contributed by atoms with Gasteiger partial charge >= 0.3 is 0 Å². The molecular formula is C13H14FN3OS2. The topological polar surface area (TPSA) is 64.9 Å². The van der Waals surface area contributed by atoms with Crippen molar-refractivity contribution in [1.29, 1.82) is 0 Å². The fourth-order valence-electron chi connectivity index (χ4n) is 2.06. The first-order valence-corrected chi connectivity index (χ1v) is 8.37. The minimum absolute atomic E-state index is 0.0817. The highest BCUT2D eigenvalue weighted by molar-refractivity contribution is 8.06. The summed E-state index contributed by atoms with van der Waals surface area (Å²) in [7, 11) is 0. The van der Waals surface area contributed by atoms with Crippen LogP contribution in [-0.4, -0.2) is 26.9 Å². The SMILES string of the molecule is CC1SCCSC1c1noc(-c2ccc(F)c(N)c2)n1. The smallest absolute Gasteiger partial charge is 0.258 e. The third-order valence-corrected chi connectivity index (χ3v) is 6.21. The Bertz CT molecular complexity index is 619. The third kappa shape index (κ3) is 2.64. The molecule has 2 N–H and O–H groups in total. The van der Waals surface area contributed by atoms with Crippen molar-refractivity contribution in [1.82, 2.24) is 10.1 Å². The summed E-state index contributed by atoms with van der Waals surface area (Å²) in [6.45, 7) is 2.17. The average Bonchev–Trinajstić information content (AvgIpc) is 2.92. The van der Waals surface area contributed by atoms with E-state index in [1.54, 1.807) is 6.07 Å². The first kappa shape index (κ1) is 13.8. The van der Waals surface area contributed by atoms with E-state index in [1.807, 2.05) is 23.5 Å². The van der Waals surface area contributed by atoms with Crippen molar-refractivity contribution in [2.75, 3.05) is 17.2 Å². The Labute approximate surface area is 124 Å². The molecule has 7 heteroatoms. The lowest BCUT2D eigenvalue weighted by molar-refractivity contribution is 0.421. The van der Waals surface area contributed by atoms with E-state index < -0.39 is 5.82 Å². The molecule has 1 aliphatic rings. The van der Waals surface area contributed by atoms with Crippen molar-refractivity contribution in [2.24, 2.45) is 0 Å². The summed E-state index contributed by atoms with van der Waals surface area (Å²) >= 11 is 3.77. The average molecular weight is 311 g/mol. The number of thioether (sulfide) groups is 2.